The predicted octanol–water partition coefficient (Wildman–Crippen LogP) is 3.31. The highest BCUT2D eigenvalue weighted by molar-refractivity contribution is 5.68. The molecule has 0 radical (unpaired) electrons. The van der Waals surface area contributed by atoms with Gasteiger partial charge in [-0.3, -0.25) is 4.79 Å². The van der Waals surface area contributed by atoms with Crippen molar-refractivity contribution >= 4 is 5.97 Å². The van der Waals surface area contributed by atoms with Crippen molar-refractivity contribution in [1.29, 1.82) is 0 Å². The van der Waals surface area contributed by atoms with Crippen molar-refractivity contribution in [3.8, 4) is 0 Å². The number of alkyl halides is 3. The van der Waals surface area contributed by atoms with Crippen LogP contribution in [-0.2, 0) is 9.53 Å². The summed E-state index contributed by atoms with van der Waals surface area (Å²) in [4.78, 5) is 10.9. The molecule has 0 aliphatic heterocycles. The third kappa shape index (κ3) is 4.02. The summed E-state index contributed by atoms with van der Waals surface area (Å²) in [5.74, 6) is -1.34. The summed E-state index contributed by atoms with van der Waals surface area (Å²) in [5.41, 5.74) is 0. The molecule has 1 aliphatic carbocycles. The molecular formula is C11H17F3O2. The highest BCUT2D eigenvalue weighted by Crippen LogP contribution is 2.39. The molecule has 1 saturated carbocycles. The molecular weight excluding hydrogens is 221 g/mol. The molecule has 0 amide bonds. The van der Waals surface area contributed by atoms with Crippen molar-refractivity contribution in [2.24, 2.45) is 11.8 Å². The van der Waals surface area contributed by atoms with Crippen molar-refractivity contribution in [3.05, 3.63) is 0 Å². The van der Waals surface area contributed by atoms with Crippen LogP contribution in [0, 0.1) is 11.8 Å². The SMILES string of the molecule is CCC(=O)OCC1CCC(C(F)(F)F)CC1. The van der Waals surface area contributed by atoms with Gasteiger partial charge in [0.05, 0.1) is 12.5 Å². The molecule has 5 heteroatoms. The zero-order valence-electron chi connectivity index (χ0n) is 9.35. The lowest BCUT2D eigenvalue weighted by Gasteiger charge is -2.29. The molecule has 1 fully saturated rings. The van der Waals surface area contributed by atoms with E-state index in [4.69, 9.17) is 4.74 Å². The van der Waals surface area contributed by atoms with Crippen LogP contribution in [0.2, 0.25) is 0 Å². The van der Waals surface area contributed by atoms with E-state index in [0.717, 1.165) is 0 Å². The number of rotatable bonds is 3. The number of ether oxygens (including phenoxy) is 1. The van der Waals surface area contributed by atoms with E-state index in [1.54, 1.807) is 6.92 Å². The summed E-state index contributed by atoms with van der Waals surface area (Å²) >= 11 is 0. The lowest BCUT2D eigenvalue weighted by molar-refractivity contribution is -0.185. The molecule has 2 nitrogen and oxygen atoms in total. The molecule has 0 spiro atoms. The first-order chi connectivity index (χ1) is 7.43. The molecule has 0 aromatic rings. The highest BCUT2D eigenvalue weighted by atomic mass is 19.4. The van der Waals surface area contributed by atoms with Gasteiger partial charge < -0.3 is 4.74 Å². The minimum Gasteiger partial charge on any atom is -0.465 e. The molecule has 0 aromatic carbocycles. The van der Waals surface area contributed by atoms with Crippen molar-refractivity contribution in [2.75, 3.05) is 6.61 Å². The number of hydrogen-bond donors (Lipinski definition) is 0. The van der Waals surface area contributed by atoms with Crippen LogP contribution in [0.15, 0.2) is 0 Å². The van der Waals surface area contributed by atoms with E-state index in [1.165, 1.54) is 0 Å². The summed E-state index contributed by atoms with van der Waals surface area (Å²) in [6.07, 6.45) is -2.42. The summed E-state index contributed by atoms with van der Waals surface area (Å²) in [7, 11) is 0. The maximum absolute atomic E-state index is 12.4. The Balaban J connectivity index is 2.25. The molecule has 1 rings (SSSR count). The van der Waals surface area contributed by atoms with Gasteiger partial charge in [0.2, 0.25) is 0 Å². The van der Waals surface area contributed by atoms with Crippen LogP contribution in [0.4, 0.5) is 13.2 Å². The number of carbonyl (C=O) groups excluding carboxylic acids is 1. The van der Waals surface area contributed by atoms with Gasteiger partial charge in [-0.05, 0) is 31.6 Å². The first-order valence-electron chi connectivity index (χ1n) is 5.65. The Morgan fingerprint density at radius 2 is 1.81 bits per heavy atom. The quantitative estimate of drug-likeness (QED) is 0.705. The van der Waals surface area contributed by atoms with Crippen molar-refractivity contribution in [1.82, 2.24) is 0 Å². The number of carbonyl (C=O) groups is 1. The van der Waals surface area contributed by atoms with Crippen LogP contribution in [-0.4, -0.2) is 18.8 Å². The summed E-state index contributed by atoms with van der Waals surface area (Å²) < 4.78 is 42.0. The fraction of sp³-hybridized carbons (Fsp3) is 0.909. The molecule has 16 heavy (non-hydrogen) atoms. The van der Waals surface area contributed by atoms with E-state index >= 15 is 0 Å². The van der Waals surface area contributed by atoms with E-state index in [1.807, 2.05) is 0 Å². The van der Waals surface area contributed by atoms with Gasteiger partial charge in [0.1, 0.15) is 0 Å². The fourth-order valence-corrected chi connectivity index (χ4v) is 1.97. The molecule has 0 saturated heterocycles. The largest absolute Gasteiger partial charge is 0.465 e. The average molecular weight is 238 g/mol. The Hall–Kier alpha value is -0.740. The normalized spacial score (nSPS) is 26.5. The van der Waals surface area contributed by atoms with Crippen molar-refractivity contribution < 1.29 is 22.7 Å². The minimum atomic E-state index is -4.06. The lowest BCUT2D eigenvalue weighted by atomic mass is 9.82. The highest BCUT2D eigenvalue weighted by Gasteiger charge is 2.41. The molecule has 0 atom stereocenters. The summed E-state index contributed by atoms with van der Waals surface area (Å²) in [6.45, 7) is 1.97. The third-order valence-corrected chi connectivity index (χ3v) is 3.08. The van der Waals surface area contributed by atoms with Crippen LogP contribution in [0.25, 0.3) is 0 Å². The van der Waals surface area contributed by atoms with Crippen LogP contribution in [0.5, 0.6) is 0 Å². The Kier molecular flexibility index (Phi) is 4.62. The Morgan fingerprint density at radius 3 is 2.25 bits per heavy atom. The second kappa shape index (κ2) is 5.55. The van der Waals surface area contributed by atoms with Crippen LogP contribution < -0.4 is 0 Å². The predicted molar refractivity (Wildman–Crippen MR) is 52.8 cm³/mol. The molecule has 0 heterocycles. The molecule has 1 aliphatic rings. The lowest BCUT2D eigenvalue weighted by Crippen LogP contribution is -2.29. The Labute approximate surface area is 93.2 Å². The van der Waals surface area contributed by atoms with Crippen LogP contribution in [0.3, 0.4) is 0 Å². The second-order valence-electron chi connectivity index (χ2n) is 4.30. The molecule has 0 aromatic heterocycles. The monoisotopic (exact) mass is 238 g/mol. The maximum Gasteiger partial charge on any atom is 0.391 e. The zero-order chi connectivity index (χ0) is 12.2. The minimum absolute atomic E-state index is 0.106. The fourth-order valence-electron chi connectivity index (χ4n) is 1.97. The smallest absolute Gasteiger partial charge is 0.391 e. The first kappa shape index (κ1) is 13.3. The maximum atomic E-state index is 12.4. The van der Waals surface area contributed by atoms with Crippen LogP contribution >= 0.6 is 0 Å². The van der Waals surface area contributed by atoms with Crippen molar-refractivity contribution in [3.63, 3.8) is 0 Å². The van der Waals surface area contributed by atoms with Gasteiger partial charge >= 0.3 is 12.1 Å². The van der Waals surface area contributed by atoms with Gasteiger partial charge in [-0.15, -0.1) is 0 Å². The van der Waals surface area contributed by atoms with E-state index in [9.17, 15) is 18.0 Å². The summed E-state index contributed by atoms with van der Waals surface area (Å²) in [5, 5.41) is 0. The average Bonchev–Trinajstić information content (AvgIpc) is 2.25. The summed E-state index contributed by atoms with van der Waals surface area (Å²) in [6, 6.07) is 0. The molecule has 0 bridgehead atoms. The third-order valence-electron chi connectivity index (χ3n) is 3.08. The van der Waals surface area contributed by atoms with Crippen molar-refractivity contribution in [2.45, 2.75) is 45.2 Å². The second-order valence-corrected chi connectivity index (χ2v) is 4.30. The number of esters is 1. The zero-order valence-corrected chi connectivity index (χ0v) is 9.35. The molecule has 0 unspecified atom stereocenters. The van der Waals surface area contributed by atoms with Gasteiger partial charge in [-0.2, -0.15) is 13.2 Å². The van der Waals surface area contributed by atoms with E-state index < -0.39 is 12.1 Å². The first-order valence-corrected chi connectivity index (χ1v) is 5.65. The molecule has 0 N–H and O–H groups in total. The topological polar surface area (TPSA) is 26.3 Å². The van der Waals surface area contributed by atoms with Crippen LogP contribution in [0.1, 0.15) is 39.0 Å². The van der Waals surface area contributed by atoms with Gasteiger partial charge in [0, 0.05) is 6.42 Å². The van der Waals surface area contributed by atoms with E-state index in [0.29, 0.717) is 19.3 Å². The Morgan fingerprint density at radius 1 is 1.25 bits per heavy atom. The number of hydrogen-bond acceptors (Lipinski definition) is 2. The van der Waals surface area contributed by atoms with Gasteiger partial charge in [0.25, 0.3) is 0 Å². The van der Waals surface area contributed by atoms with Gasteiger partial charge in [0.15, 0.2) is 0 Å². The van der Waals surface area contributed by atoms with Gasteiger partial charge in [-0.25, -0.2) is 0 Å². The molecule has 94 valence electrons. The Bertz CT molecular complexity index is 230. The number of halogens is 3. The van der Waals surface area contributed by atoms with E-state index in [2.05, 4.69) is 0 Å². The van der Waals surface area contributed by atoms with E-state index in [-0.39, 0.29) is 31.3 Å². The standard InChI is InChI=1S/C11H17F3O2/c1-2-10(15)16-7-8-3-5-9(6-4-8)11(12,13)14/h8-9H,2-7H2,1H3. The van der Waals surface area contributed by atoms with Gasteiger partial charge in [-0.1, -0.05) is 6.92 Å².